The minimum absolute atomic E-state index is 0.796. The van der Waals surface area contributed by atoms with Gasteiger partial charge in [0.15, 0.2) is 0 Å². The van der Waals surface area contributed by atoms with Gasteiger partial charge in [0.1, 0.15) is 0 Å². The molecule has 0 fully saturated rings. The highest BCUT2D eigenvalue weighted by atomic mass is 14.2. The standard InChI is InChI=1S/2C9H9N.C2H6/c2*1-2-8-5-3-4-6-9(8)7-10;1-2/h2*3-6H,2H2,1H3;1-2H3. The van der Waals surface area contributed by atoms with E-state index in [1.807, 2.05) is 62.4 Å². The Bertz CT molecular complexity index is 573. The third-order valence-electron chi connectivity index (χ3n) is 3.04. The molecule has 2 rings (SSSR count). The second kappa shape index (κ2) is 12.2. The second-order valence-electron chi connectivity index (χ2n) is 4.25. The number of rotatable bonds is 2. The molecule has 0 bridgehead atoms. The monoisotopic (exact) mass is 292 g/mol. The minimum atomic E-state index is 0.796. The fourth-order valence-electron chi connectivity index (χ4n) is 1.88. The van der Waals surface area contributed by atoms with Crippen LogP contribution in [-0.4, -0.2) is 0 Å². The Morgan fingerprint density at radius 1 is 0.682 bits per heavy atom. The van der Waals surface area contributed by atoms with E-state index in [1.165, 1.54) is 0 Å². The van der Waals surface area contributed by atoms with E-state index in [9.17, 15) is 0 Å². The Kier molecular flexibility index (Phi) is 10.8. The first-order chi connectivity index (χ1) is 10.8. The van der Waals surface area contributed by atoms with Gasteiger partial charge in [-0.15, -0.1) is 0 Å². The van der Waals surface area contributed by atoms with Gasteiger partial charge in [0.2, 0.25) is 0 Å². The summed E-state index contributed by atoms with van der Waals surface area (Å²) in [4.78, 5) is 0. The molecule has 0 radical (unpaired) electrons. The van der Waals surface area contributed by atoms with Gasteiger partial charge in [0.05, 0.1) is 23.3 Å². The molecular weight excluding hydrogens is 268 g/mol. The van der Waals surface area contributed by atoms with Crippen LogP contribution in [0.4, 0.5) is 0 Å². The van der Waals surface area contributed by atoms with Crippen molar-refractivity contribution in [2.24, 2.45) is 0 Å². The van der Waals surface area contributed by atoms with Gasteiger partial charge in [-0.25, -0.2) is 0 Å². The smallest absolute Gasteiger partial charge is 0.0994 e. The normalized spacial score (nSPS) is 8.27. The maximum Gasteiger partial charge on any atom is 0.0994 e. The van der Waals surface area contributed by atoms with Gasteiger partial charge in [-0.3, -0.25) is 0 Å². The van der Waals surface area contributed by atoms with Crippen molar-refractivity contribution in [1.29, 1.82) is 10.5 Å². The Morgan fingerprint density at radius 3 is 1.23 bits per heavy atom. The molecule has 0 aliphatic heterocycles. The summed E-state index contributed by atoms with van der Waals surface area (Å²) in [6.45, 7) is 8.10. The van der Waals surface area contributed by atoms with Crippen LogP contribution in [0.15, 0.2) is 48.5 Å². The zero-order valence-electron chi connectivity index (χ0n) is 13.9. The molecule has 2 aromatic carbocycles. The van der Waals surface area contributed by atoms with E-state index in [4.69, 9.17) is 10.5 Å². The van der Waals surface area contributed by atoms with Crippen LogP contribution in [0.25, 0.3) is 0 Å². The molecule has 0 heterocycles. The highest BCUT2D eigenvalue weighted by Gasteiger charge is 1.95. The highest BCUT2D eigenvalue weighted by molar-refractivity contribution is 5.37. The van der Waals surface area contributed by atoms with Gasteiger partial charge in [-0.05, 0) is 36.1 Å². The zero-order chi connectivity index (χ0) is 16.8. The summed E-state index contributed by atoms with van der Waals surface area (Å²) in [5.41, 5.74) is 3.85. The summed E-state index contributed by atoms with van der Waals surface area (Å²) in [6, 6.07) is 19.6. The summed E-state index contributed by atoms with van der Waals surface area (Å²) < 4.78 is 0. The molecule has 0 aromatic heterocycles. The summed E-state index contributed by atoms with van der Waals surface area (Å²) in [5.74, 6) is 0. The second-order valence-corrected chi connectivity index (χ2v) is 4.25. The van der Waals surface area contributed by atoms with Crippen molar-refractivity contribution in [3.05, 3.63) is 70.8 Å². The Labute approximate surface area is 134 Å². The number of hydrogen-bond donors (Lipinski definition) is 0. The van der Waals surface area contributed by atoms with Gasteiger partial charge in [0.25, 0.3) is 0 Å². The third kappa shape index (κ3) is 6.25. The molecule has 114 valence electrons. The lowest BCUT2D eigenvalue weighted by molar-refractivity contribution is 1.13. The Morgan fingerprint density at radius 2 is 1.00 bits per heavy atom. The van der Waals surface area contributed by atoms with Gasteiger partial charge in [0, 0.05) is 0 Å². The van der Waals surface area contributed by atoms with Crippen molar-refractivity contribution < 1.29 is 0 Å². The molecule has 0 atom stereocenters. The van der Waals surface area contributed by atoms with Crippen molar-refractivity contribution in [2.45, 2.75) is 40.5 Å². The van der Waals surface area contributed by atoms with Crippen LogP contribution in [0.1, 0.15) is 49.9 Å². The van der Waals surface area contributed by atoms with Crippen molar-refractivity contribution >= 4 is 0 Å². The van der Waals surface area contributed by atoms with E-state index < -0.39 is 0 Å². The quantitative estimate of drug-likeness (QED) is 0.757. The topological polar surface area (TPSA) is 47.6 Å². The lowest BCUT2D eigenvalue weighted by atomic mass is 10.1. The van der Waals surface area contributed by atoms with Crippen LogP contribution in [-0.2, 0) is 12.8 Å². The maximum atomic E-state index is 8.60. The van der Waals surface area contributed by atoms with Crippen LogP contribution >= 0.6 is 0 Å². The molecule has 0 spiro atoms. The lowest BCUT2D eigenvalue weighted by Crippen LogP contribution is -1.84. The molecule has 2 aromatic rings. The summed E-state index contributed by atoms with van der Waals surface area (Å²) in [5, 5.41) is 17.2. The van der Waals surface area contributed by atoms with Crippen LogP contribution in [0.5, 0.6) is 0 Å². The van der Waals surface area contributed by atoms with E-state index in [1.54, 1.807) is 0 Å². The predicted octanol–water partition coefficient (Wildman–Crippen LogP) is 5.27. The maximum absolute atomic E-state index is 8.60. The van der Waals surface area contributed by atoms with E-state index in [0.717, 1.165) is 35.1 Å². The van der Waals surface area contributed by atoms with Crippen LogP contribution in [0.2, 0.25) is 0 Å². The van der Waals surface area contributed by atoms with Gasteiger partial charge < -0.3 is 0 Å². The average Bonchev–Trinajstić information content (AvgIpc) is 2.63. The van der Waals surface area contributed by atoms with E-state index in [-0.39, 0.29) is 0 Å². The van der Waals surface area contributed by atoms with Crippen molar-refractivity contribution in [2.75, 3.05) is 0 Å². The van der Waals surface area contributed by atoms with Crippen LogP contribution < -0.4 is 0 Å². The molecule has 0 amide bonds. The Hall–Kier alpha value is -2.58. The fourth-order valence-corrected chi connectivity index (χ4v) is 1.88. The van der Waals surface area contributed by atoms with E-state index in [2.05, 4.69) is 26.0 Å². The number of benzene rings is 2. The molecular formula is C20H24N2. The average molecular weight is 292 g/mol. The summed E-state index contributed by atoms with van der Waals surface area (Å²) in [7, 11) is 0. The molecule has 0 N–H and O–H groups in total. The SMILES string of the molecule is CC.CCc1ccccc1C#N.CCc1ccccc1C#N. The molecule has 2 nitrogen and oxygen atoms in total. The number of hydrogen-bond acceptors (Lipinski definition) is 2. The minimum Gasteiger partial charge on any atom is -0.192 e. The molecule has 22 heavy (non-hydrogen) atoms. The molecule has 0 saturated carbocycles. The number of aryl methyl sites for hydroxylation is 2. The highest BCUT2D eigenvalue weighted by Crippen LogP contribution is 2.07. The Balaban J connectivity index is 0.000000360. The molecule has 0 saturated heterocycles. The molecule has 0 aliphatic rings. The fraction of sp³-hybridized carbons (Fsp3) is 0.300. The zero-order valence-corrected chi connectivity index (χ0v) is 13.9. The number of nitrogens with zero attached hydrogens (tertiary/aromatic N) is 2. The van der Waals surface area contributed by atoms with Crippen molar-refractivity contribution in [1.82, 2.24) is 0 Å². The van der Waals surface area contributed by atoms with E-state index in [0.29, 0.717) is 0 Å². The van der Waals surface area contributed by atoms with Crippen LogP contribution in [0.3, 0.4) is 0 Å². The summed E-state index contributed by atoms with van der Waals surface area (Å²) in [6.07, 6.45) is 1.87. The predicted molar refractivity (Wildman–Crippen MR) is 92.4 cm³/mol. The van der Waals surface area contributed by atoms with Crippen LogP contribution in [0, 0.1) is 22.7 Å². The van der Waals surface area contributed by atoms with Gasteiger partial charge in [-0.1, -0.05) is 64.1 Å². The first-order valence-corrected chi connectivity index (χ1v) is 7.72. The first kappa shape index (κ1) is 19.4. The first-order valence-electron chi connectivity index (χ1n) is 7.72. The molecule has 2 heteroatoms. The van der Waals surface area contributed by atoms with Gasteiger partial charge >= 0.3 is 0 Å². The van der Waals surface area contributed by atoms with Gasteiger partial charge in [-0.2, -0.15) is 10.5 Å². The molecule has 0 aliphatic carbocycles. The largest absolute Gasteiger partial charge is 0.192 e. The third-order valence-corrected chi connectivity index (χ3v) is 3.04. The van der Waals surface area contributed by atoms with Crippen molar-refractivity contribution in [3.63, 3.8) is 0 Å². The van der Waals surface area contributed by atoms with Crippen molar-refractivity contribution in [3.8, 4) is 12.1 Å². The number of nitriles is 2. The molecule has 0 unspecified atom stereocenters. The summed E-state index contributed by atoms with van der Waals surface area (Å²) >= 11 is 0. The van der Waals surface area contributed by atoms with E-state index >= 15 is 0 Å². The lowest BCUT2D eigenvalue weighted by Gasteiger charge is -1.96.